The van der Waals surface area contributed by atoms with Crippen molar-refractivity contribution >= 4 is 62.2 Å². The summed E-state index contributed by atoms with van der Waals surface area (Å²) in [5.74, 6) is -0.763. The van der Waals surface area contributed by atoms with Crippen molar-refractivity contribution in [3.63, 3.8) is 0 Å². The van der Waals surface area contributed by atoms with Gasteiger partial charge in [0.2, 0.25) is 0 Å². The lowest BCUT2D eigenvalue weighted by atomic mass is 9.93. The number of amides is 2. The van der Waals surface area contributed by atoms with E-state index in [2.05, 4.69) is 0 Å². The molecule has 0 atom stereocenters. The van der Waals surface area contributed by atoms with Crippen LogP contribution in [0.15, 0.2) is 66.7 Å². The average molecular weight is 392 g/mol. The molecule has 0 aliphatic carbocycles. The Bertz CT molecular complexity index is 1230. The largest absolute Gasteiger partial charge is 0.268 e. The molecule has 0 aromatic heterocycles. The predicted octanol–water partition coefficient (Wildman–Crippen LogP) is 6.10. The summed E-state index contributed by atoms with van der Waals surface area (Å²) in [5, 5.41) is 3.68. The number of carbonyl (C=O) groups excluding carboxylic acids is 2. The number of imide groups is 1. The number of rotatable bonds is 1. The van der Waals surface area contributed by atoms with Crippen LogP contribution >= 0.6 is 23.2 Å². The van der Waals surface area contributed by atoms with Crippen molar-refractivity contribution in [2.75, 3.05) is 4.90 Å². The molecule has 0 radical (unpaired) electrons. The number of fused-ring (bicyclic) bond motifs is 1. The van der Waals surface area contributed by atoms with Gasteiger partial charge in [-0.2, -0.15) is 0 Å². The van der Waals surface area contributed by atoms with Gasteiger partial charge in [-0.25, -0.2) is 4.90 Å². The number of anilines is 1. The van der Waals surface area contributed by atoms with E-state index >= 15 is 0 Å². The molecule has 0 fully saturated rings. The Labute approximate surface area is 164 Å². The molecule has 0 saturated carbocycles. The van der Waals surface area contributed by atoms with Gasteiger partial charge in [-0.3, -0.25) is 9.59 Å². The molecule has 0 N–H and O–H groups in total. The van der Waals surface area contributed by atoms with E-state index in [0.717, 1.165) is 10.8 Å². The second kappa shape index (κ2) is 5.81. The molecule has 0 bridgehead atoms. The van der Waals surface area contributed by atoms with Gasteiger partial charge in [0.15, 0.2) is 0 Å². The van der Waals surface area contributed by atoms with Crippen molar-refractivity contribution in [1.82, 2.24) is 0 Å². The molecule has 5 rings (SSSR count). The second-order valence-corrected chi connectivity index (χ2v) is 7.20. The Morgan fingerprint density at radius 2 is 1.22 bits per heavy atom. The summed E-state index contributed by atoms with van der Waals surface area (Å²) in [5.41, 5.74) is 1.39. The molecular formula is C22H11Cl2NO2. The maximum Gasteiger partial charge on any atom is 0.266 e. The molecule has 4 aromatic carbocycles. The first-order valence-corrected chi connectivity index (χ1v) is 9.11. The highest BCUT2D eigenvalue weighted by Gasteiger charge is 2.35. The Balaban J connectivity index is 1.83. The monoisotopic (exact) mass is 391 g/mol. The van der Waals surface area contributed by atoms with Crippen LogP contribution in [-0.4, -0.2) is 11.8 Å². The highest BCUT2D eigenvalue weighted by atomic mass is 35.5. The predicted molar refractivity (Wildman–Crippen MR) is 109 cm³/mol. The minimum Gasteiger partial charge on any atom is -0.268 e. The van der Waals surface area contributed by atoms with Gasteiger partial charge >= 0.3 is 0 Å². The van der Waals surface area contributed by atoms with Crippen LogP contribution in [-0.2, 0) is 0 Å². The molecule has 4 aromatic rings. The summed E-state index contributed by atoms with van der Waals surface area (Å²) in [6.07, 6.45) is 0. The van der Waals surface area contributed by atoms with Crippen LogP contribution in [0.1, 0.15) is 20.7 Å². The standard InChI is InChI=1S/C22H11Cl2NO2/c23-16-10-8-14-19-15(9-11-17(24)20(16)19)22(27)25(21(14)26)18-7-3-5-12-4-1-2-6-13(12)18/h1-11H. The summed E-state index contributed by atoms with van der Waals surface area (Å²) in [4.78, 5) is 27.8. The van der Waals surface area contributed by atoms with E-state index in [-0.39, 0.29) is 11.8 Å². The summed E-state index contributed by atoms with van der Waals surface area (Å²) in [6.45, 7) is 0. The van der Waals surface area contributed by atoms with Gasteiger partial charge in [0.1, 0.15) is 0 Å². The third kappa shape index (κ3) is 2.22. The fraction of sp³-hybridized carbons (Fsp3) is 0. The zero-order chi connectivity index (χ0) is 18.7. The zero-order valence-corrected chi connectivity index (χ0v) is 15.4. The van der Waals surface area contributed by atoms with Crippen LogP contribution in [0.5, 0.6) is 0 Å². The average Bonchev–Trinajstić information content (AvgIpc) is 2.68. The molecule has 1 heterocycles. The smallest absolute Gasteiger partial charge is 0.266 e. The molecule has 2 amide bonds. The fourth-order valence-electron chi connectivity index (χ4n) is 3.73. The van der Waals surface area contributed by atoms with Gasteiger partial charge in [0, 0.05) is 37.3 Å². The number of carbonyl (C=O) groups is 2. The van der Waals surface area contributed by atoms with Crippen LogP contribution in [0.4, 0.5) is 5.69 Å². The van der Waals surface area contributed by atoms with E-state index in [0.29, 0.717) is 37.6 Å². The highest BCUT2D eigenvalue weighted by molar-refractivity contribution is 6.46. The lowest BCUT2D eigenvalue weighted by Gasteiger charge is -2.28. The molecule has 27 heavy (non-hydrogen) atoms. The van der Waals surface area contributed by atoms with E-state index in [1.54, 1.807) is 30.3 Å². The molecule has 5 heteroatoms. The van der Waals surface area contributed by atoms with E-state index in [9.17, 15) is 9.59 Å². The molecular weight excluding hydrogens is 381 g/mol. The Morgan fingerprint density at radius 3 is 1.89 bits per heavy atom. The molecule has 1 aliphatic rings. The van der Waals surface area contributed by atoms with Gasteiger partial charge in [-0.05, 0) is 35.7 Å². The van der Waals surface area contributed by atoms with Crippen LogP contribution in [0.3, 0.4) is 0 Å². The fourth-order valence-corrected chi connectivity index (χ4v) is 4.29. The summed E-state index contributed by atoms with van der Waals surface area (Å²) < 4.78 is 0. The molecule has 0 saturated heterocycles. The van der Waals surface area contributed by atoms with E-state index in [4.69, 9.17) is 23.2 Å². The maximum absolute atomic E-state index is 13.3. The van der Waals surface area contributed by atoms with Gasteiger partial charge in [0.25, 0.3) is 11.8 Å². The normalized spacial score (nSPS) is 13.6. The van der Waals surface area contributed by atoms with Crippen molar-refractivity contribution in [2.24, 2.45) is 0 Å². The SMILES string of the molecule is O=C1c2ccc(Cl)c3c(Cl)ccc(c23)C(=O)N1c1cccc2ccccc12. The van der Waals surface area contributed by atoms with Gasteiger partial charge < -0.3 is 0 Å². The number of hydrogen-bond acceptors (Lipinski definition) is 2. The third-order valence-corrected chi connectivity index (χ3v) is 5.56. The van der Waals surface area contributed by atoms with Crippen LogP contribution < -0.4 is 4.90 Å². The van der Waals surface area contributed by atoms with Gasteiger partial charge in [-0.15, -0.1) is 0 Å². The van der Waals surface area contributed by atoms with Crippen LogP contribution in [0.25, 0.3) is 21.5 Å². The van der Waals surface area contributed by atoms with Gasteiger partial charge in [0.05, 0.1) is 5.69 Å². The van der Waals surface area contributed by atoms with Crippen molar-refractivity contribution in [1.29, 1.82) is 0 Å². The number of nitrogens with zero attached hydrogens (tertiary/aromatic N) is 1. The lowest BCUT2D eigenvalue weighted by Crippen LogP contribution is -2.40. The number of halogens is 2. The van der Waals surface area contributed by atoms with E-state index in [1.807, 2.05) is 36.4 Å². The summed E-state index contributed by atoms with van der Waals surface area (Å²) in [7, 11) is 0. The third-order valence-electron chi connectivity index (χ3n) is 4.93. The van der Waals surface area contributed by atoms with Gasteiger partial charge in [-0.1, -0.05) is 59.6 Å². The minimum atomic E-state index is -0.382. The Morgan fingerprint density at radius 1 is 0.630 bits per heavy atom. The zero-order valence-electron chi connectivity index (χ0n) is 13.9. The Kier molecular flexibility index (Phi) is 3.51. The quantitative estimate of drug-likeness (QED) is 0.367. The van der Waals surface area contributed by atoms with E-state index in [1.165, 1.54) is 4.90 Å². The topological polar surface area (TPSA) is 37.4 Å². The van der Waals surface area contributed by atoms with E-state index < -0.39 is 0 Å². The Hall–Kier alpha value is -2.88. The molecule has 0 spiro atoms. The number of hydrogen-bond donors (Lipinski definition) is 0. The summed E-state index contributed by atoms with van der Waals surface area (Å²) in [6, 6.07) is 19.8. The minimum absolute atomic E-state index is 0.382. The molecule has 3 nitrogen and oxygen atoms in total. The lowest BCUT2D eigenvalue weighted by molar-refractivity contribution is 0.0894. The molecule has 0 unspecified atom stereocenters. The van der Waals surface area contributed by atoms with Crippen LogP contribution in [0.2, 0.25) is 10.0 Å². The first kappa shape index (κ1) is 16.3. The van der Waals surface area contributed by atoms with Crippen molar-refractivity contribution in [3.8, 4) is 0 Å². The second-order valence-electron chi connectivity index (χ2n) is 6.38. The molecule has 130 valence electrons. The van der Waals surface area contributed by atoms with Crippen molar-refractivity contribution in [3.05, 3.63) is 87.9 Å². The van der Waals surface area contributed by atoms with Crippen LogP contribution in [0, 0.1) is 0 Å². The number of benzene rings is 4. The van der Waals surface area contributed by atoms with Crippen molar-refractivity contribution < 1.29 is 9.59 Å². The summed E-state index contributed by atoms with van der Waals surface area (Å²) >= 11 is 12.6. The highest BCUT2D eigenvalue weighted by Crippen LogP contribution is 2.40. The van der Waals surface area contributed by atoms with Crippen molar-refractivity contribution in [2.45, 2.75) is 0 Å². The first-order chi connectivity index (χ1) is 13.1. The molecule has 1 aliphatic heterocycles. The maximum atomic E-state index is 13.3. The first-order valence-electron chi connectivity index (χ1n) is 8.35.